The van der Waals surface area contributed by atoms with Crippen LogP contribution in [0.15, 0.2) is 41.2 Å². The van der Waals surface area contributed by atoms with Gasteiger partial charge >= 0.3 is 0 Å². The quantitative estimate of drug-likeness (QED) is 0.789. The summed E-state index contributed by atoms with van der Waals surface area (Å²) in [5, 5.41) is 8.52. The monoisotopic (exact) mass is 342 g/mol. The lowest BCUT2D eigenvalue weighted by Crippen LogP contribution is -2.25. The van der Waals surface area contributed by atoms with Gasteiger partial charge in [-0.05, 0) is 25.3 Å². The average Bonchev–Trinajstić information content (AvgIpc) is 3.22. The SMILES string of the molecule is Cc1cc(=O)n2nc(N[C@@H](c3ccccc3)[C@@H]3CCCO3)sc2n1. The fourth-order valence-electron chi connectivity index (χ4n) is 3.03. The van der Waals surface area contributed by atoms with Crippen LogP contribution in [-0.4, -0.2) is 27.3 Å². The molecule has 3 aromatic rings. The van der Waals surface area contributed by atoms with Crippen LogP contribution in [0.3, 0.4) is 0 Å². The van der Waals surface area contributed by atoms with Crippen molar-refractivity contribution in [3.05, 3.63) is 58.0 Å². The number of fused-ring (bicyclic) bond motifs is 1. The molecule has 0 bridgehead atoms. The topological polar surface area (TPSA) is 68.5 Å². The number of aromatic nitrogens is 3. The lowest BCUT2D eigenvalue weighted by molar-refractivity contribution is 0.0954. The second-order valence-corrected chi connectivity index (χ2v) is 6.88. The second-order valence-electron chi connectivity index (χ2n) is 5.92. The zero-order chi connectivity index (χ0) is 16.5. The molecule has 1 N–H and O–H groups in total. The molecule has 0 amide bonds. The molecular weight excluding hydrogens is 324 g/mol. The normalized spacial score (nSPS) is 18.8. The Morgan fingerprint density at radius 1 is 1.38 bits per heavy atom. The molecule has 1 fully saturated rings. The highest BCUT2D eigenvalue weighted by Gasteiger charge is 2.28. The smallest absolute Gasteiger partial charge is 0.275 e. The van der Waals surface area contributed by atoms with Crippen LogP contribution in [0, 0.1) is 6.92 Å². The Morgan fingerprint density at radius 3 is 2.96 bits per heavy atom. The van der Waals surface area contributed by atoms with Crippen LogP contribution in [0.5, 0.6) is 0 Å². The van der Waals surface area contributed by atoms with Crippen molar-refractivity contribution < 1.29 is 4.74 Å². The Hall–Kier alpha value is -2.25. The number of nitrogens with one attached hydrogen (secondary N) is 1. The molecule has 6 nitrogen and oxygen atoms in total. The fourth-order valence-corrected chi connectivity index (χ4v) is 3.92. The Kier molecular flexibility index (Phi) is 4.03. The van der Waals surface area contributed by atoms with Gasteiger partial charge in [-0.3, -0.25) is 4.79 Å². The number of benzene rings is 1. The summed E-state index contributed by atoms with van der Waals surface area (Å²) in [5.41, 5.74) is 1.70. The van der Waals surface area contributed by atoms with Crippen LogP contribution in [0.1, 0.15) is 30.1 Å². The molecule has 0 unspecified atom stereocenters. The van der Waals surface area contributed by atoms with Crippen LogP contribution in [-0.2, 0) is 4.74 Å². The van der Waals surface area contributed by atoms with Crippen LogP contribution >= 0.6 is 11.3 Å². The zero-order valence-corrected chi connectivity index (χ0v) is 14.1. The van der Waals surface area contributed by atoms with Crippen molar-refractivity contribution in [2.24, 2.45) is 0 Å². The first-order chi connectivity index (χ1) is 11.7. The molecule has 3 heterocycles. The summed E-state index contributed by atoms with van der Waals surface area (Å²) in [6.07, 6.45) is 2.18. The van der Waals surface area contributed by atoms with E-state index in [0.29, 0.717) is 15.8 Å². The number of aryl methyl sites for hydroxylation is 1. The van der Waals surface area contributed by atoms with Gasteiger partial charge in [-0.25, -0.2) is 4.98 Å². The van der Waals surface area contributed by atoms with E-state index in [1.165, 1.54) is 21.9 Å². The highest BCUT2D eigenvalue weighted by atomic mass is 32.1. The highest BCUT2D eigenvalue weighted by Crippen LogP contribution is 2.31. The minimum absolute atomic E-state index is 0.00561. The molecule has 2 aromatic heterocycles. The van der Waals surface area contributed by atoms with E-state index in [0.717, 1.165) is 25.0 Å². The Balaban J connectivity index is 1.69. The summed E-state index contributed by atoms with van der Waals surface area (Å²) in [6, 6.07) is 11.7. The molecule has 1 aromatic carbocycles. The number of rotatable bonds is 4. The predicted octanol–water partition coefficient (Wildman–Crippen LogP) is 2.79. The van der Waals surface area contributed by atoms with Gasteiger partial charge in [0.1, 0.15) is 0 Å². The van der Waals surface area contributed by atoms with Crippen molar-refractivity contribution >= 4 is 21.4 Å². The number of ether oxygens (including phenoxy) is 1. The fraction of sp³-hybridized carbons (Fsp3) is 0.353. The molecule has 4 rings (SSSR count). The molecule has 2 atom stereocenters. The molecule has 0 spiro atoms. The Bertz CT molecular complexity index is 900. The Labute approximate surface area is 143 Å². The van der Waals surface area contributed by atoms with Gasteiger partial charge in [0, 0.05) is 18.4 Å². The molecule has 0 saturated carbocycles. The second kappa shape index (κ2) is 6.33. The highest BCUT2D eigenvalue weighted by molar-refractivity contribution is 7.20. The molecule has 1 aliphatic rings. The number of nitrogens with zero attached hydrogens (tertiary/aromatic N) is 3. The molecule has 124 valence electrons. The first-order valence-electron chi connectivity index (χ1n) is 8.01. The molecular formula is C17H18N4O2S. The summed E-state index contributed by atoms with van der Waals surface area (Å²) in [4.78, 5) is 17.0. The summed E-state index contributed by atoms with van der Waals surface area (Å²) in [5.74, 6) is 0. The molecule has 1 aliphatic heterocycles. The number of anilines is 1. The molecule has 0 aliphatic carbocycles. The third-order valence-electron chi connectivity index (χ3n) is 4.15. The van der Waals surface area contributed by atoms with Crippen LogP contribution in [0.2, 0.25) is 0 Å². The zero-order valence-electron chi connectivity index (χ0n) is 13.3. The first kappa shape index (κ1) is 15.3. The Morgan fingerprint density at radius 2 is 2.21 bits per heavy atom. The summed E-state index contributed by atoms with van der Waals surface area (Å²) < 4.78 is 7.23. The summed E-state index contributed by atoms with van der Waals surface area (Å²) in [7, 11) is 0. The van der Waals surface area contributed by atoms with Crippen molar-refractivity contribution in [3.63, 3.8) is 0 Å². The van der Waals surface area contributed by atoms with E-state index in [4.69, 9.17) is 4.74 Å². The van der Waals surface area contributed by atoms with Crippen molar-refractivity contribution in [2.75, 3.05) is 11.9 Å². The average molecular weight is 342 g/mol. The lowest BCUT2D eigenvalue weighted by atomic mass is 10.00. The van der Waals surface area contributed by atoms with E-state index >= 15 is 0 Å². The standard InChI is InChI=1S/C17H18N4O2S/c1-11-10-14(22)21-17(18-11)24-16(20-21)19-15(13-8-5-9-23-13)12-6-3-2-4-7-12/h2-4,6-7,10,13,15H,5,8-9H2,1H3,(H,19,20)/t13-,15-/m0/s1. The molecule has 7 heteroatoms. The molecule has 1 saturated heterocycles. The van der Waals surface area contributed by atoms with Gasteiger partial charge in [0.05, 0.1) is 12.1 Å². The third kappa shape index (κ3) is 2.92. The van der Waals surface area contributed by atoms with E-state index in [-0.39, 0.29) is 17.7 Å². The van der Waals surface area contributed by atoms with E-state index in [1.54, 1.807) is 0 Å². The van der Waals surface area contributed by atoms with Crippen molar-refractivity contribution in [1.82, 2.24) is 14.6 Å². The predicted molar refractivity (Wildman–Crippen MR) is 93.7 cm³/mol. The van der Waals surface area contributed by atoms with Gasteiger partial charge < -0.3 is 10.1 Å². The first-order valence-corrected chi connectivity index (χ1v) is 8.83. The molecule has 24 heavy (non-hydrogen) atoms. The van der Waals surface area contributed by atoms with Crippen LogP contribution < -0.4 is 10.9 Å². The summed E-state index contributed by atoms with van der Waals surface area (Å²) in [6.45, 7) is 2.60. The minimum atomic E-state index is -0.157. The van der Waals surface area contributed by atoms with E-state index in [9.17, 15) is 4.79 Å². The lowest BCUT2D eigenvalue weighted by Gasteiger charge is -2.24. The maximum Gasteiger partial charge on any atom is 0.275 e. The van der Waals surface area contributed by atoms with Gasteiger partial charge in [-0.15, -0.1) is 5.10 Å². The van der Waals surface area contributed by atoms with E-state index in [1.807, 2.05) is 25.1 Å². The van der Waals surface area contributed by atoms with Crippen LogP contribution in [0.4, 0.5) is 5.13 Å². The molecule has 0 radical (unpaired) electrons. The van der Waals surface area contributed by atoms with Gasteiger partial charge in [-0.1, -0.05) is 41.7 Å². The van der Waals surface area contributed by atoms with E-state index in [2.05, 4.69) is 27.5 Å². The number of hydrogen-bond acceptors (Lipinski definition) is 6. The summed E-state index contributed by atoms with van der Waals surface area (Å²) >= 11 is 1.38. The van der Waals surface area contributed by atoms with Crippen LogP contribution in [0.25, 0.3) is 4.96 Å². The number of hydrogen-bond donors (Lipinski definition) is 1. The van der Waals surface area contributed by atoms with Crippen molar-refractivity contribution in [2.45, 2.75) is 31.9 Å². The maximum atomic E-state index is 12.0. The minimum Gasteiger partial charge on any atom is -0.376 e. The third-order valence-corrected chi connectivity index (χ3v) is 4.99. The van der Waals surface area contributed by atoms with E-state index < -0.39 is 0 Å². The van der Waals surface area contributed by atoms with Gasteiger partial charge in [0.25, 0.3) is 5.56 Å². The van der Waals surface area contributed by atoms with Crippen molar-refractivity contribution in [3.8, 4) is 0 Å². The van der Waals surface area contributed by atoms with Crippen molar-refractivity contribution in [1.29, 1.82) is 0 Å². The van der Waals surface area contributed by atoms with Gasteiger partial charge in [-0.2, -0.15) is 4.52 Å². The van der Waals surface area contributed by atoms with Gasteiger partial charge in [0.2, 0.25) is 10.1 Å². The van der Waals surface area contributed by atoms with Gasteiger partial charge in [0.15, 0.2) is 0 Å². The maximum absolute atomic E-state index is 12.0. The largest absolute Gasteiger partial charge is 0.376 e.